The number of rotatable bonds is 12. The molecule has 3 aromatic carbocycles. The minimum absolute atomic E-state index is 0.0414. The van der Waals surface area contributed by atoms with Crippen molar-refractivity contribution < 1.29 is 27.5 Å². The maximum Gasteiger partial charge on any atom is 0.244 e. The number of carbonyl (C=O) groups excluding carboxylic acids is 2. The smallest absolute Gasteiger partial charge is 0.244 e. The molecule has 1 fully saturated rings. The molecular formula is C33H39N3O6S. The van der Waals surface area contributed by atoms with Gasteiger partial charge in [-0.15, -0.1) is 0 Å². The predicted octanol–water partition coefficient (Wildman–Crippen LogP) is 4.58. The lowest BCUT2D eigenvalue weighted by Gasteiger charge is -2.34. The van der Waals surface area contributed by atoms with E-state index in [0.29, 0.717) is 23.6 Å². The van der Waals surface area contributed by atoms with Gasteiger partial charge >= 0.3 is 0 Å². The lowest BCUT2D eigenvalue weighted by atomic mass is 10.0. The number of anilines is 1. The molecule has 1 aliphatic heterocycles. The molecule has 1 aliphatic carbocycles. The third-order valence-corrected chi connectivity index (χ3v) is 9.94. The van der Waals surface area contributed by atoms with Crippen LogP contribution in [-0.4, -0.2) is 56.3 Å². The van der Waals surface area contributed by atoms with Crippen molar-refractivity contribution in [1.82, 2.24) is 10.2 Å². The van der Waals surface area contributed by atoms with Crippen LogP contribution in [0.3, 0.4) is 0 Å². The molecule has 0 aromatic heterocycles. The van der Waals surface area contributed by atoms with E-state index in [0.717, 1.165) is 46.7 Å². The lowest BCUT2D eigenvalue weighted by molar-refractivity contribution is -0.140. The fourth-order valence-electron chi connectivity index (χ4n) is 5.65. The second-order valence-electron chi connectivity index (χ2n) is 11.1. The molecule has 2 amide bonds. The highest BCUT2D eigenvalue weighted by Crippen LogP contribution is 2.36. The van der Waals surface area contributed by atoms with Gasteiger partial charge in [-0.1, -0.05) is 67.4 Å². The Balaban J connectivity index is 1.52. The Bertz CT molecular complexity index is 1540. The summed E-state index contributed by atoms with van der Waals surface area (Å²) in [6.07, 6.45) is 4.21. The zero-order chi connectivity index (χ0) is 30.4. The third-order valence-electron chi connectivity index (χ3n) is 8.20. The number of hydrogen-bond donors (Lipinski definition) is 1. The zero-order valence-corrected chi connectivity index (χ0v) is 25.5. The van der Waals surface area contributed by atoms with Gasteiger partial charge in [-0.25, -0.2) is 8.42 Å². The zero-order valence-electron chi connectivity index (χ0n) is 24.7. The summed E-state index contributed by atoms with van der Waals surface area (Å²) in [5.41, 5.74) is 3.06. The number of hydrogen-bond acceptors (Lipinski definition) is 6. The van der Waals surface area contributed by atoms with E-state index in [-0.39, 0.29) is 31.0 Å². The van der Waals surface area contributed by atoms with E-state index < -0.39 is 28.5 Å². The summed E-state index contributed by atoms with van der Waals surface area (Å²) >= 11 is 0. The first kappa shape index (κ1) is 30.4. The Morgan fingerprint density at radius 1 is 0.953 bits per heavy atom. The molecule has 9 nitrogen and oxygen atoms in total. The van der Waals surface area contributed by atoms with Crippen LogP contribution in [0.5, 0.6) is 11.5 Å². The molecule has 228 valence electrons. The second kappa shape index (κ2) is 13.5. The minimum Gasteiger partial charge on any atom is -0.454 e. The molecule has 0 saturated heterocycles. The molecule has 1 N–H and O–H groups in total. The van der Waals surface area contributed by atoms with Crippen molar-refractivity contribution in [3.05, 3.63) is 89.5 Å². The van der Waals surface area contributed by atoms with E-state index in [1.54, 1.807) is 23.1 Å². The standard InChI is InChI=1S/C33H39N3O6S/c1-3-43(39,40)36(28-17-18-30-31(20-28)42-23-41-30)22-32(37)35(21-26-14-8-7-11-24(26)2)29(19-25-12-5-4-6-13-25)33(38)34-27-15-9-10-16-27/h4-8,11-14,17-18,20,27,29H,3,9-10,15-16,19,21-23H2,1-2H3,(H,34,38)/t29-/m0/s1. The first-order valence-corrected chi connectivity index (χ1v) is 16.4. The average Bonchev–Trinajstić information content (AvgIpc) is 3.70. The van der Waals surface area contributed by atoms with E-state index in [9.17, 15) is 18.0 Å². The summed E-state index contributed by atoms with van der Waals surface area (Å²) in [5.74, 6) is 0.0147. The first-order valence-electron chi connectivity index (χ1n) is 14.8. The Labute approximate surface area is 253 Å². The van der Waals surface area contributed by atoms with Crippen LogP contribution < -0.4 is 19.1 Å². The number of carbonyl (C=O) groups is 2. The molecule has 43 heavy (non-hydrogen) atoms. The topological polar surface area (TPSA) is 105 Å². The fourth-order valence-corrected chi connectivity index (χ4v) is 6.71. The highest BCUT2D eigenvalue weighted by atomic mass is 32.2. The van der Waals surface area contributed by atoms with E-state index >= 15 is 0 Å². The molecule has 0 radical (unpaired) electrons. The van der Waals surface area contributed by atoms with Gasteiger partial charge in [-0.05, 0) is 55.5 Å². The molecule has 1 heterocycles. The van der Waals surface area contributed by atoms with Crippen LogP contribution in [0.4, 0.5) is 5.69 Å². The molecule has 0 spiro atoms. The Kier molecular flexibility index (Phi) is 9.55. The van der Waals surface area contributed by atoms with E-state index in [4.69, 9.17) is 9.47 Å². The summed E-state index contributed by atoms with van der Waals surface area (Å²) < 4.78 is 38.8. The number of fused-ring (bicyclic) bond motifs is 1. The molecule has 10 heteroatoms. The van der Waals surface area contributed by atoms with Gasteiger partial charge < -0.3 is 19.7 Å². The van der Waals surface area contributed by atoms with Crippen LogP contribution in [0.15, 0.2) is 72.8 Å². The molecule has 3 aromatic rings. The summed E-state index contributed by atoms with van der Waals surface area (Å²) in [6, 6.07) is 21.3. The minimum atomic E-state index is -3.87. The van der Waals surface area contributed by atoms with Crippen molar-refractivity contribution in [3.8, 4) is 11.5 Å². The van der Waals surface area contributed by atoms with Crippen LogP contribution >= 0.6 is 0 Å². The van der Waals surface area contributed by atoms with Gasteiger partial charge in [0.15, 0.2) is 11.5 Å². The molecule has 0 unspecified atom stereocenters. The van der Waals surface area contributed by atoms with Crippen molar-refractivity contribution in [2.75, 3.05) is 23.4 Å². The maximum atomic E-state index is 14.4. The SMILES string of the molecule is CCS(=O)(=O)N(CC(=O)N(Cc1ccccc1C)[C@@H](Cc1ccccc1)C(=O)NC1CCCC1)c1ccc2c(c1)OCO2. The number of sulfonamides is 1. The van der Waals surface area contributed by atoms with Gasteiger partial charge in [0.05, 0.1) is 11.4 Å². The Morgan fingerprint density at radius 2 is 1.65 bits per heavy atom. The molecule has 5 rings (SSSR count). The van der Waals surface area contributed by atoms with Gasteiger partial charge in [0.25, 0.3) is 0 Å². The fraction of sp³-hybridized carbons (Fsp3) is 0.394. The Hall–Kier alpha value is -4.05. The summed E-state index contributed by atoms with van der Waals surface area (Å²) in [7, 11) is -3.87. The summed E-state index contributed by atoms with van der Waals surface area (Å²) in [4.78, 5) is 29.9. The van der Waals surface area contributed by atoms with Crippen molar-refractivity contribution >= 4 is 27.5 Å². The second-order valence-corrected chi connectivity index (χ2v) is 13.3. The normalized spacial score (nSPS) is 15.2. The van der Waals surface area contributed by atoms with E-state index in [1.165, 1.54) is 6.92 Å². The highest BCUT2D eigenvalue weighted by Gasteiger charge is 2.35. The van der Waals surface area contributed by atoms with E-state index in [1.807, 2.05) is 61.5 Å². The van der Waals surface area contributed by atoms with Crippen molar-refractivity contribution in [2.45, 2.75) is 64.6 Å². The van der Waals surface area contributed by atoms with Gasteiger partial charge in [-0.3, -0.25) is 13.9 Å². The average molecular weight is 606 g/mol. The summed E-state index contributed by atoms with van der Waals surface area (Å²) in [6.45, 7) is 3.23. The largest absolute Gasteiger partial charge is 0.454 e. The maximum absolute atomic E-state index is 14.4. The predicted molar refractivity (Wildman–Crippen MR) is 165 cm³/mol. The van der Waals surface area contributed by atoms with Crippen LogP contribution in [-0.2, 0) is 32.6 Å². The van der Waals surface area contributed by atoms with Gasteiger partial charge in [0.2, 0.25) is 28.6 Å². The monoisotopic (exact) mass is 605 g/mol. The number of nitrogens with one attached hydrogen (secondary N) is 1. The third kappa shape index (κ3) is 7.30. The van der Waals surface area contributed by atoms with Crippen molar-refractivity contribution in [2.24, 2.45) is 0 Å². The number of benzene rings is 3. The number of ether oxygens (including phenoxy) is 2. The highest BCUT2D eigenvalue weighted by molar-refractivity contribution is 7.92. The Morgan fingerprint density at radius 3 is 2.37 bits per heavy atom. The molecular weight excluding hydrogens is 566 g/mol. The molecule has 2 aliphatic rings. The van der Waals surface area contributed by atoms with Crippen LogP contribution in [0.2, 0.25) is 0 Å². The van der Waals surface area contributed by atoms with Gasteiger partial charge in [-0.2, -0.15) is 0 Å². The van der Waals surface area contributed by atoms with Crippen molar-refractivity contribution in [3.63, 3.8) is 0 Å². The quantitative estimate of drug-likeness (QED) is 0.324. The number of nitrogens with zero attached hydrogens (tertiary/aromatic N) is 2. The van der Waals surface area contributed by atoms with Gasteiger partial charge in [0, 0.05) is 25.1 Å². The number of amides is 2. The lowest BCUT2D eigenvalue weighted by Crippen LogP contribution is -2.54. The van der Waals surface area contributed by atoms with E-state index in [2.05, 4.69) is 5.32 Å². The van der Waals surface area contributed by atoms with Gasteiger partial charge in [0.1, 0.15) is 12.6 Å². The van der Waals surface area contributed by atoms with Crippen molar-refractivity contribution in [1.29, 1.82) is 0 Å². The molecule has 0 bridgehead atoms. The summed E-state index contributed by atoms with van der Waals surface area (Å²) in [5, 5.41) is 3.19. The molecule has 1 saturated carbocycles. The first-order chi connectivity index (χ1) is 20.7. The van der Waals surface area contributed by atoms with Crippen LogP contribution in [0.25, 0.3) is 0 Å². The molecule has 1 atom stereocenters. The number of aryl methyl sites for hydroxylation is 1. The van der Waals surface area contributed by atoms with Crippen LogP contribution in [0, 0.1) is 6.92 Å². The van der Waals surface area contributed by atoms with Crippen LogP contribution in [0.1, 0.15) is 49.3 Å².